The highest BCUT2D eigenvalue weighted by Crippen LogP contribution is 2.40. The van der Waals surface area contributed by atoms with Crippen LogP contribution in [0.1, 0.15) is 25.8 Å². The van der Waals surface area contributed by atoms with Crippen LogP contribution in [0.4, 0.5) is 4.39 Å². The Hall–Kier alpha value is -1.69. The minimum absolute atomic E-state index is 0.0696. The summed E-state index contributed by atoms with van der Waals surface area (Å²) in [5.41, 5.74) is -0.296. The molecule has 0 unspecified atom stereocenters. The Balaban J connectivity index is 2.50. The van der Waals surface area contributed by atoms with Gasteiger partial charge in [0, 0.05) is 5.41 Å². The Kier molecular flexibility index (Phi) is 3.01. The minimum atomic E-state index is -3.67. The van der Waals surface area contributed by atoms with Gasteiger partial charge in [-0.2, -0.15) is 0 Å². The number of allylic oxidation sites excluding steroid dienone is 1. The summed E-state index contributed by atoms with van der Waals surface area (Å²) in [4.78, 5) is 11.0. The molecule has 1 aliphatic rings. The average molecular weight is 284 g/mol. The Morgan fingerprint density at radius 2 is 2.00 bits per heavy atom. The number of hydrogen-bond acceptors (Lipinski definition) is 3. The van der Waals surface area contributed by atoms with Gasteiger partial charge in [0.1, 0.15) is 5.82 Å². The lowest BCUT2D eigenvalue weighted by molar-refractivity contribution is -0.146. The highest BCUT2D eigenvalue weighted by atomic mass is 32.2. The van der Waals surface area contributed by atoms with E-state index in [0.29, 0.717) is 11.1 Å². The number of benzene rings is 1. The van der Waals surface area contributed by atoms with E-state index in [1.807, 2.05) is 0 Å². The summed E-state index contributed by atoms with van der Waals surface area (Å²) in [5, 5.41) is 10.1. The SMILES string of the molecule is CC(C)(CC1=CS(=O)(=O)c2cc(F)ccc21)C(=O)O. The van der Waals surface area contributed by atoms with E-state index in [2.05, 4.69) is 0 Å². The first kappa shape index (κ1) is 13.7. The molecule has 6 heteroatoms. The molecular formula is C13H13FO4S. The third kappa shape index (κ3) is 2.40. The van der Waals surface area contributed by atoms with Gasteiger partial charge in [-0.05, 0) is 43.5 Å². The van der Waals surface area contributed by atoms with E-state index in [1.165, 1.54) is 26.0 Å². The molecule has 2 rings (SSSR count). The number of sulfone groups is 1. The van der Waals surface area contributed by atoms with E-state index >= 15 is 0 Å². The van der Waals surface area contributed by atoms with Crippen molar-refractivity contribution >= 4 is 21.4 Å². The predicted molar refractivity (Wildman–Crippen MR) is 67.6 cm³/mol. The van der Waals surface area contributed by atoms with Crippen LogP contribution in [0.25, 0.3) is 5.57 Å². The van der Waals surface area contributed by atoms with Gasteiger partial charge in [0.15, 0.2) is 0 Å². The molecule has 0 amide bonds. The number of rotatable bonds is 3. The van der Waals surface area contributed by atoms with Crippen molar-refractivity contribution < 1.29 is 22.7 Å². The van der Waals surface area contributed by atoms with Crippen LogP contribution in [-0.2, 0) is 14.6 Å². The third-order valence-corrected chi connectivity index (χ3v) is 4.65. The van der Waals surface area contributed by atoms with E-state index in [0.717, 1.165) is 11.5 Å². The van der Waals surface area contributed by atoms with Crippen molar-refractivity contribution in [3.8, 4) is 0 Å². The quantitative estimate of drug-likeness (QED) is 0.925. The Morgan fingerprint density at radius 1 is 1.37 bits per heavy atom. The zero-order valence-corrected chi connectivity index (χ0v) is 11.3. The summed E-state index contributed by atoms with van der Waals surface area (Å²) in [6.07, 6.45) is 0.0696. The van der Waals surface area contributed by atoms with Crippen LogP contribution >= 0.6 is 0 Å². The largest absolute Gasteiger partial charge is 0.481 e. The molecule has 1 heterocycles. The predicted octanol–water partition coefficient (Wildman–Crippen LogP) is 2.45. The van der Waals surface area contributed by atoms with E-state index in [-0.39, 0.29) is 11.3 Å². The number of halogens is 1. The van der Waals surface area contributed by atoms with Gasteiger partial charge in [0.05, 0.1) is 10.3 Å². The molecule has 1 aromatic carbocycles. The molecule has 0 radical (unpaired) electrons. The van der Waals surface area contributed by atoms with E-state index in [9.17, 15) is 17.6 Å². The molecule has 0 bridgehead atoms. The van der Waals surface area contributed by atoms with Gasteiger partial charge in [-0.1, -0.05) is 6.07 Å². The number of carbonyl (C=O) groups is 1. The van der Waals surface area contributed by atoms with Crippen LogP contribution < -0.4 is 0 Å². The third-order valence-electron chi connectivity index (χ3n) is 3.10. The van der Waals surface area contributed by atoms with Gasteiger partial charge in [-0.25, -0.2) is 12.8 Å². The maximum atomic E-state index is 13.1. The lowest BCUT2D eigenvalue weighted by atomic mass is 9.84. The van der Waals surface area contributed by atoms with Gasteiger partial charge in [0.2, 0.25) is 9.84 Å². The highest BCUT2D eigenvalue weighted by Gasteiger charge is 2.34. The van der Waals surface area contributed by atoms with Gasteiger partial charge in [-0.15, -0.1) is 0 Å². The molecule has 0 spiro atoms. The molecule has 0 aromatic heterocycles. The molecule has 0 fully saturated rings. The molecule has 0 saturated carbocycles. The number of carboxylic acids is 1. The molecule has 1 aromatic rings. The molecule has 4 nitrogen and oxygen atoms in total. The summed E-state index contributed by atoms with van der Waals surface area (Å²) < 4.78 is 36.9. The lowest BCUT2D eigenvalue weighted by Gasteiger charge is -2.19. The molecular weight excluding hydrogens is 271 g/mol. The summed E-state index contributed by atoms with van der Waals surface area (Å²) in [6, 6.07) is 3.50. The number of aliphatic carboxylic acids is 1. The first-order valence-electron chi connectivity index (χ1n) is 5.62. The van der Waals surface area contributed by atoms with Crippen LogP contribution in [0.15, 0.2) is 28.5 Å². The summed E-state index contributed by atoms with van der Waals surface area (Å²) in [6.45, 7) is 3.04. The zero-order valence-electron chi connectivity index (χ0n) is 10.5. The molecule has 0 saturated heterocycles. The second-order valence-electron chi connectivity index (χ2n) is 5.19. The van der Waals surface area contributed by atoms with Gasteiger partial charge in [0.25, 0.3) is 0 Å². The topological polar surface area (TPSA) is 71.4 Å². The molecule has 19 heavy (non-hydrogen) atoms. The fourth-order valence-corrected chi connectivity index (χ4v) is 3.49. The standard InChI is InChI=1S/C13H13FO4S/c1-13(2,12(15)16)6-8-7-19(17,18)11-5-9(14)3-4-10(8)11/h3-5,7H,6H2,1-2H3,(H,15,16). The van der Waals surface area contributed by atoms with Crippen molar-refractivity contribution in [2.45, 2.75) is 25.2 Å². The van der Waals surface area contributed by atoms with Crippen molar-refractivity contribution in [2.75, 3.05) is 0 Å². The van der Waals surface area contributed by atoms with Gasteiger partial charge in [-0.3, -0.25) is 4.79 Å². The van der Waals surface area contributed by atoms with E-state index in [4.69, 9.17) is 5.11 Å². The monoisotopic (exact) mass is 284 g/mol. The van der Waals surface area contributed by atoms with Crippen molar-refractivity contribution in [3.63, 3.8) is 0 Å². The summed E-state index contributed by atoms with van der Waals surface area (Å²) in [7, 11) is -3.67. The van der Waals surface area contributed by atoms with Crippen molar-refractivity contribution in [3.05, 3.63) is 35.0 Å². The second kappa shape index (κ2) is 4.16. The van der Waals surface area contributed by atoms with Crippen LogP contribution in [0.5, 0.6) is 0 Å². The number of fused-ring (bicyclic) bond motifs is 1. The van der Waals surface area contributed by atoms with Crippen molar-refractivity contribution in [1.82, 2.24) is 0 Å². The van der Waals surface area contributed by atoms with Crippen LogP contribution in [0.3, 0.4) is 0 Å². The molecule has 1 N–H and O–H groups in total. The number of hydrogen-bond donors (Lipinski definition) is 1. The van der Waals surface area contributed by atoms with Crippen LogP contribution in [-0.4, -0.2) is 19.5 Å². The Labute approximate surface area is 110 Å². The van der Waals surface area contributed by atoms with Crippen molar-refractivity contribution in [1.29, 1.82) is 0 Å². The molecule has 0 atom stereocenters. The molecule has 102 valence electrons. The normalized spacial score (nSPS) is 16.9. The fourth-order valence-electron chi connectivity index (χ4n) is 2.00. The van der Waals surface area contributed by atoms with Gasteiger partial charge < -0.3 is 5.11 Å². The second-order valence-corrected chi connectivity index (χ2v) is 6.96. The Bertz CT molecular complexity index is 687. The van der Waals surface area contributed by atoms with E-state index in [1.54, 1.807) is 0 Å². The Morgan fingerprint density at radius 3 is 2.58 bits per heavy atom. The summed E-state index contributed by atoms with van der Waals surface area (Å²) >= 11 is 0. The zero-order chi connectivity index (χ0) is 14.4. The maximum absolute atomic E-state index is 13.1. The van der Waals surface area contributed by atoms with Gasteiger partial charge >= 0.3 is 5.97 Å². The molecule has 1 aliphatic heterocycles. The minimum Gasteiger partial charge on any atom is -0.481 e. The maximum Gasteiger partial charge on any atom is 0.309 e. The fraction of sp³-hybridized carbons (Fsp3) is 0.308. The highest BCUT2D eigenvalue weighted by molar-refractivity contribution is 7.95. The van der Waals surface area contributed by atoms with Crippen LogP contribution in [0, 0.1) is 11.2 Å². The van der Waals surface area contributed by atoms with Crippen molar-refractivity contribution in [2.24, 2.45) is 5.41 Å². The van der Waals surface area contributed by atoms with Crippen LogP contribution in [0.2, 0.25) is 0 Å². The lowest BCUT2D eigenvalue weighted by Crippen LogP contribution is -2.23. The van der Waals surface area contributed by atoms with E-state index < -0.39 is 27.0 Å². The summed E-state index contributed by atoms with van der Waals surface area (Å²) in [5.74, 6) is -1.64. The smallest absolute Gasteiger partial charge is 0.309 e. The average Bonchev–Trinajstić information content (AvgIpc) is 2.49. The first-order valence-corrected chi connectivity index (χ1v) is 7.17. The molecule has 0 aliphatic carbocycles. The first-order chi connectivity index (χ1) is 8.63. The number of carboxylic acid groups (broad SMARTS) is 1.